The molecule has 0 bridgehead atoms. The van der Waals surface area contributed by atoms with E-state index in [-0.39, 0.29) is 5.28 Å². The van der Waals surface area contributed by atoms with Gasteiger partial charge in [0.2, 0.25) is 17.2 Å². The first-order valence-corrected chi connectivity index (χ1v) is 7.56. The van der Waals surface area contributed by atoms with Gasteiger partial charge < -0.3 is 4.90 Å². The number of nitrogens with zero attached hydrogens (tertiary/aromatic N) is 7. The molecule has 1 saturated carbocycles. The second-order valence-corrected chi connectivity index (χ2v) is 5.77. The molecule has 2 aromatic rings. The van der Waals surface area contributed by atoms with Gasteiger partial charge in [-0.3, -0.25) is 9.47 Å². The summed E-state index contributed by atoms with van der Waals surface area (Å²) >= 11 is 6.04. The summed E-state index contributed by atoms with van der Waals surface area (Å²) < 4.78 is 1.73. The molecule has 0 radical (unpaired) electrons. The average Bonchev–Trinajstić information content (AvgIpc) is 3.21. The van der Waals surface area contributed by atoms with E-state index in [4.69, 9.17) is 11.6 Å². The molecule has 1 aliphatic heterocycles. The van der Waals surface area contributed by atoms with Crippen molar-refractivity contribution in [3.8, 4) is 5.95 Å². The van der Waals surface area contributed by atoms with E-state index in [0.717, 1.165) is 32.2 Å². The van der Waals surface area contributed by atoms with E-state index < -0.39 is 0 Å². The van der Waals surface area contributed by atoms with Gasteiger partial charge in [0, 0.05) is 44.6 Å². The first-order chi connectivity index (χ1) is 10.3. The zero-order valence-corrected chi connectivity index (χ0v) is 12.3. The number of halogens is 1. The molecule has 4 rings (SSSR count). The third-order valence-electron chi connectivity index (χ3n) is 3.98. The summed E-state index contributed by atoms with van der Waals surface area (Å²) in [6, 6.07) is 0.815. The van der Waals surface area contributed by atoms with Gasteiger partial charge in [0.25, 0.3) is 0 Å². The number of anilines is 1. The molecule has 0 unspecified atom stereocenters. The number of rotatable bonds is 3. The van der Waals surface area contributed by atoms with Gasteiger partial charge in [-0.2, -0.15) is 15.0 Å². The van der Waals surface area contributed by atoms with E-state index in [0.29, 0.717) is 11.9 Å². The van der Waals surface area contributed by atoms with Crippen molar-refractivity contribution in [1.82, 2.24) is 29.4 Å². The third kappa shape index (κ3) is 2.71. The highest BCUT2D eigenvalue weighted by molar-refractivity contribution is 6.28. The zero-order valence-electron chi connectivity index (χ0n) is 11.6. The number of aromatic nitrogens is 5. The summed E-state index contributed by atoms with van der Waals surface area (Å²) in [6.45, 7) is 3.99. The lowest BCUT2D eigenvalue weighted by molar-refractivity contribution is 0.247. The van der Waals surface area contributed by atoms with Crippen LogP contribution in [0.4, 0.5) is 5.95 Å². The van der Waals surface area contributed by atoms with Crippen LogP contribution in [0.25, 0.3) is 5.95 Å². The molecule has 2 aliphatic rings. The van der Waals surface area contributed by atoms with Crippen molar-refractivity contribution >= 4 is 17.5 Å². The maximum Gasteiger partial charge on any atom is 0.241 e. The van der Waals surface area contributed by atoms with Crippen molar-refractivity contribution in [2.75, 3.05) is 31.1 Å². The minimum atomic E-state index is 0.216. The molecule has 2 aromatic heterocycles. The van der Waals surface area contributed by atoms with Crippen LogP contribution >= 0.6 is 11.6 Å². The van der Waals surface area contributed by atoms with E-state index in [1.54, 1.807) is 23.3 Å². The highest BCUT2D eigenvalue weighted by Crippen LogP contribution is 2.28. The molecular weight excluding hydrogens is 290 g/mol. The lowest BCUT2D eigenvalue weighted by Crippen LogP contribution is -2.47. The largest absolute Gasteiger partial charge is 0.338 e. The fourth-order valence-electron chi connectivity index (χ4n) is 2.69. The van der Waals surface area contributed by atoms with Crippen LogP contribution < -0.4 is 4.90 Å². The summed E-state index contributed by atoms with van der Waals surface area (Å²) in [6.07, 6.45) is 7.83. The molecule has 0 aromatic carbocycles. The van der Waals surface area contributed by atoms with Crippen LogP contribution in [0, 0.1) is 0 Å². The van der Waals surface area contributed by atoms with Crippen LogP contribution in [-0.2, 0) is 0 Å². The summed E-state index contributed by atoms with van der Waals surface area (Å²) in [5, 5.41) is 0.216. The van der Waals surface area contributed by atoms with Crippen LogP contribution in [0.1, 0.15) is 12.8 Å². The average molecular weight is 306 g/mol. The summed E-state index contributed by atoms with van der Waals surface area (Å²) in [7, 11) is 0. The molecular formula is C13H16ClN7. The number of hydrogen-bond acceptors (Lipinski definition) is 6. The van der Waals surface area contributed by atoms with Gasteiger partial charge in [0.15, 0.2) is 0 Å². The van der Waals surface area contributed by atoms with Crippen molar-refractivity contribution in [1.29, 1.82) is 0 Å². The van der Waals surface area contributed by atoms with Crippen LogP contribution in [-0.4, -0.2) is 61.6 Å². The summed E-state index contributed by atoms with van der Waals surface area (Å²) in [5.74, 6) is 1.15. The molecule has 0 spiro atoms. The highest BCUT2D eigenvalue weighted by Gasteiger charge is 2.31. The number of piperazine rings is 1. The molecule has 8 heteroatoms. The van der Waals surface area contributed by atoms with Crippen molar-refractivity contribution in [3.05, 3.63) is 24.0 Å². The Balaban J connectivity index is 1.54. The van der Waals surface area contributed by atoms with Crippen LogP contribution in [0.2, 0.25) is 5.28 Å². The smallest absolute Gasteiger partial charge is 0.241 e. The Bertz CT molecular complexity index is 617. The van der Waals surface area contributed by atoms with Gasteiger partial charge in [-0.25, -0.2) is 4.98 Å². The SMILES string of the molecule is Clc1nc(N2CCN(C3CC3)CC2)nc(-n2ccnc2)n1. The van der Waals surface area contributed by atoms with Gasteiger partial charge in [-0.15, -0.1) is 0 Å². The predicted molar refractivity (Wildman–Crippen MR) is 78.8 cm³/mol. The lowest BCUT2D eigenvalue weighted by Gasteiger charge is -2.34. The van der Waals surface area contributed by atoms with Crippen LogP contribution in [0.3, 0.4) is 0 Å². The molecule has 7 nitrogen and oxygen atoms in total. The Kier molecular flexibility index (Phi) is 3.23. The van der Waals surface area contributed by atoms with Gasteiger partial charge in [-0.1, -0.05) is 0 Å². The highest BCUT2D eigenvalue weighted by atomic mass is 35.5. The van der Waals surface area contributed by atoms with Crippen molar-refractivity contribution < 1.29 is 0 Å². The first kappa shape index (κ1) is 13.0. The van der Waals surface area contributed by atoms with E-state index in [1.807, 2.05) is 0 Å². The topological polar surface area (TPSA) is 63.0 Å². The number of hydrogen-bond donors (Lipinski definition) is 0. The van der Waals surface area contributed by atoms with E-state index >= 15 is 0 Å². The third-order valence-corrected chi connectivity index (χ3v) is 4.15. The van der Waals surface area contributed by atoms with Crippen LogP contribution in [0.5, 0.6) is 0 Å². The number of imidazole rings is 1. The molecule has 0 amide bonds. The summed E-state index contributed by atoms with van der Waals surface area (Å²) in [4.78, 5) is 21.7. The molecule has 0 N–H and O–H groups in total. The minimum absolute atomic E-state index is 0.216. The Morgan fingerprint density at radius 1 is 1.00 bits per heavy atom. The molecule has 110 valence electrons. The van der Waals surface area contributed by atoms with Crippen molar-refractivity contribution in [2.45, 2.75) is 18.9 Å². The molecule has 1 saturated heterocycles. The molecule has 2 fully saturated rings. The maximum atomic E-state index is 6.04. The fraction of sp³-hybridized carbons (Fsp3) is 0.538. The normalized spacial score (nSPS) is 20.0. The Morgan fingerprint density at radius 3 is 2.43 bits per heavy atom. The van der Waals surface area contributed by atoms with Crippen molar-refractivity contribution in [3.63, 3.8) is 0 Å². The Morgan fingerprint density at radius 2 is 1.76 bits per heavy atom. The molecule has 1 aliphatic carbocycles. The van der Waals surface area contributed by atoms with E-state index in [1.165, 1.54) is 12.8 Å². The first-order valence-electron chi connectivity index (χ1n) is 7.18. The summed E-state index contributed by atoms with van der Waals surface area (Å²) in [5.41, 5.74) is 0. The predicted octanol–water partition coefficient (Wildman–Crippen LogP) is 0.995. The maximum absolute atomic E-state index is 6.04. The van der Waals surface area contributed by atoms with E-state index in [9.17, 15) is 0 Å². The van der Waals surface area contributed by atoms with E-state index in [2.05, 4.69) is 29.7 Å². The fourth-order valence-corrected chi connectivity index (χ4v) is 2.84. The van der Waals surface area contributed by atoms with Gasteiger partial charge in [-0.05, 0) is 24.4 Å². The Hall–Kier alpha value is -1.73. The second kappa shape index (κ2) is 5.23. The lowest BCUT2D eigenvalue weighted by atomic mass is 10.3. The van der Waals surface area contributed by atoms with Gasteiger partial charge in [0.05, 0.1) is 0 Å². The molecule has 21 heavy (non-hydrogen) atoms. The zero-order chi connectivity index (χ0) is 14.2. The quantitative estimate of drug-likeness (QED) is 0.843. The molecule has 3 heterocycles. The van der Waals surface area contributed by atoms with Gasteiger partial charge >= 0.3 is 0 Å². The van der Waals surface area contributed by atoms with Crippen LogP contribution in [0.15, 0.2) is 18.7 Å². The standard InChI is InChI=1S/C13H16ClN7/c14-11-16-12(18-13(17-11)21-4-3-15-9-21)20-7-5-19(6-8-20)10-1-2-10/h3-4,9-10H,1-2,5-8H2. The minimum Gasteiger partial charge on any atom is -0.338 e. The molecule has 0 atom stereocenters. The monoisotopic (exact) mass is 305 g/mol. The van der Waals surface area contributed by atoms with Crippen molar-refractivity contribution in [2.24, 2.45) is 0 Å². The Labute approximate surface area is 127 Å². The van der Waals surface area contributed by atoms with Gasteiger partial charge in [0.1, 0.15) is 6.33 Å². The second-order valence-electron chi connectivity index (χ2n) is 5.43.